The van der Waals surface area contributed by atoms with Crippen LogP contribution < -0.4 is 0 Å². The maximum atomic E-state index is 14.6. The van der Waals surface area contributed by atoms with Crippen molar-refractivity contribution in [3.05, 3.63) is 65.5 Å². The summed E-state index contributed by atoms with van der Waals surface area (Å²) in [6.07, 6.45) is 4.16. The van der Waals surface area contributed by atoms with Gasteiger partial charge in [0.2, 0.25) is 0 Å². The van der Waals surface area contributed by atoms with Crippen LogP contribution in [0.5, 0.6) is 5.75 Å². The van der Waals surface area contributed by atoms with Crippen LogP contribution >= 0.6 is 0 Å². The van der Waals surface area contributed by atoms with Gasteiger partial charge in [0.05, 0.1) is 0 Å². The van der Waals surface area contributed by atoms with Gasteiger partial charge in [0, 0.05) is 5.41 Å². The fraction of sp³-hybridized carbons (Fsp3) is 0.429. The Bertz CT molecular complexity index is 652. The Labute approximate surface area is 138 Å². The molecule has 0 atom stereocenters. The minimum Gasteiger partial charge on any atom is -0.508 e. The molecule has 1 fully saturated rings. The lowest BCUT2D eigenvalue weighted by Crippen LogP contribution is -2.35. The molecule has 1 aliphatic carbocycles. The molecule has 2 aromatic carbocycles. The molecule has 2 heteroatoms. The minimum absolute atomic E-state index is 0.122. The molecular formula is C21H25FO. The quantitative estimate of drug-likeness (QED) is 0.775. The summed E-state index contributed by atoms with van der Waals surface area (Å²) in [7, 11) is 0. The highest BCUT2D eigenvalue weighted by Gasteiger charge is 2.40. The first-order valence-corrected chi connectivity index (χ1v) is 8.57. The van der Waals surface area contributed by atoms with Gasteiger partial charge >= 0.3 is 0 Å². The molecule has 0 saturated heterocycles. The summed E-state index contributed by atoms with van der Waals surface area (Å²) in [6.45, 7) is 4.56. The van der Waals surface area contributed by atoms with Crippen LogP contribution in [0.1, 0.15) is 50.7 Å². The predicted octanol–water partition coefficient (Wildman–Crippen LogP) is 5.66. The second-order valence-electron chi connectivity index (χ2n) is 7.19. The summed E-state index contributed by atoms with van der Waals surface area (Å²) in [6, 6.07) is 14.5. The van der Waals surface area contributed by atoms with Crippen LogP contribution in [0.4, 0.5) is 4.39 Å². The van der Waals surface area contributed by atoms with Crippen LogP contribution in [0.25, 0.3) is 0 Å². The van der Waals surface area contributed by atoms with E-state index in [1.54, 1.807) is 24.3 Å². The lowest BCUT2D eigenvalue weighted by molar-refractivity contribution is 0.214. The maximum Gasteiger partial charge on any atom is 0.127 e. The maximum absolute atomic E-state index is 14.6. The van der Waals surface area contributed by atoms with Crippen LogP contribution in [0.3, 0.4) is 0 Å². The highest BCUT2D eigenvalue weighted by molar-refractivity contribution is 5.42. The fourth-order valence-electron chi connectivity index (χ4n) is 4.14. The first-order valence-electron chi connectivity index (χ1n) is 8.57. The van der Waals surface area contributed by atoms with Crippen molar-refractivity contribution >= 4 is 0 Å². The van der Waals surface area contributed by atoms with Gasteiger partial charge in [-0.05, 0) is 66.8 Å². The minimum atomic E-state index is -0.273. The van der Waals surface area contributed by atoms with Gasteiger partial charge in [0.25, 0.3) is 0 Å². The van der Waals surface area contributed by atoms with Crippen molar-refractivity contribution in [3.63, 3.8) is 0 Å². The monoisotopic (exact) mass is 312 g/mol. The number of phenolic OH excluding ortho intramolecular Hbond substituents is 1. The lowest BCUT2D eigenvalue weighted by atomic mass is 9.61. The van der Waals surface area contributed by atoms with Crippen molar-refractivity contribution in [2.45, 2.75) is 44.9 Å². The molecule has 1 nitrogen and oxygen atoms in total. The Morgan fingerprint density at radius 1 is 1.00 bits per heavy atom. The third-order valence-corrected chi connectivity index (χ3v) is 5.64. The van der Waals surface area contributed by atoms with Gasteiger partial charge in [0.1, 0.15) is 11.6 Å². The number of halogens is 1. The van der Waals surface area contributed by atoms with Crippen LogP contribution in [-0.2, 0) is 5.41 Å². The largest absolute Gasteiger partial charge is 0.508 e. The summed E-state index contributed by atoms with van der Waals surface area (Å²) >= 11 is 0. The molecule has 1 saturated carbocycles. The Morgan fingerprint density at radius 3 is 2.17 bits per heavy atom. The Morgan fingerprint density at radius 2 is 1.61 bits per heavy atom. The molecule has 0 bridgehead atoms. The predicted molar refractivity (Wildman–Crippen MR) is 92.1 cm³/mol. The van der Waals surface area contributed by atoms with Crippen molar-refractivity contribution in [3.8, 4) is 5.75 Å². The van der Waals surface area contributed by atoms with E-state index in [1.165, 1.54) is 0 Å². The van der Waals surface area contributed by atoms with Crippen molar-refractivity contribution in [2.75, 3.05) is 0 Å². The number of aromatic hydroxyl groups is 1. The van der Waals surface area contributed by atoms with E-state index in [0.717, 1.165) is 36.8 Å². The number of hydrogen-bond donors (Lipinski definition) is 1. The van der Waals surface area contributed by atoms with Crippen molar-refractivity contribution < 1.29 is 9.50 Å². The molecular weight excluding hydrogens is 287 g/mol. The second kappa shape index (κ2) is 6.35. The molecule has 0 aromatic heterocycles. The van der Waals surface area contributed by atoms with Gasteiger partial charge < -0.3 is 5.11 Å². The zero-order valence-electron chi connectivity index (χ0n) is 13.9. The molecule has 0 spiro atoms. The van der Waals surface area contributed by atoms with Gasteiger partial charge in [-0.2, -0.15) is 0 Å². The van der Waals surface area contributed by atoms with E-state index >= 15 is 0 Å². The van der Waals surface area contributed by atoms with E-state index in [1.807, 2.05) is 24.3 Å². The molecule has 0 aliphatic heterocycles. The van der Waals surface area contributed by atoms with Crippen molar-refractivity contribution in [1.29, 1.82) is 0 Å². The van der Waals surface area contributed by atoms with Crippen molar-refractivity contribution in [2.24, 2.45) is 11.8 Å². The molecule has 23 heavy (non-hydrogen) atoms. The van der Waals surface area contributed by atoms with Gasteiger partial charge in [-0.3, -0.25) is 0 Å². The standard InChI is InChI=1S/C21H25FO/c1-15(2)16-11-13-21(14-12-16,17-7-9-18(23)10-8-17)19-5-3-4-6-20(19)22/h3-10,15-16,23H,11-14H2,1-2H3/t16-,21-. The third kappa shape index (κ3) is 2.99. The average Bonchev–Trinajstić information content (AvgIpc) is 2.56. The smallest absolute Gasteiger partial charge is 0.127 e. The molecule has 1 N–H and O–H groups in total. The topological polar surface area (TPSA) is 20.2 Å². The molecule has 3 rings (SSSR count). The normalized spacial score (nSPS) is 24.8. The van der Waals surface area contributed by atoms with E-state index in [0.29, 0.717) is 11.8 Å². The van der Waals surface area contributed by atoms with Crippen LogP contribution in [-0.4, -0.2) is 5.11 Å². The molecule has 122 valence electrons. The van der Waals surface area contributed by atoms with Crippen LogP contribution in [0.15, 0.2) is 48.5 Å². The molecule has 0 amide bonds. The SMILES string of the molecule is CC(C)[C@H]1CC[C@](c2ccc(O)cc2)(c2ccccc2F)CC1. The Kier molecular flexibility index (Phi) is 4.43. The summed E-state index contributed by atoms with van der Waals surface area (Å²) in [5, 5.41) is 9.60. The lowest BCUT2D eigenvalue weighted by Gasteiger charge is -2.42. The highest BCUT2D eigenvalue weighted by atomic mass is 19.1. The van der Waals surface area contributed by atoms with Gasteiger partial charge in [0.15, 0.2) is 0 Å². The number of phenols is 1. The van der Waals surface area contributed by atoms with Gasteiger partial charge in [-0.25, -0.2) is 4.39 Å². The van der Waals surface area contributed by atoms with Gasteiger partial charge in [-0.15, -0.1) is 0 Å². The van der Waals surface area contributed by atoms with Crippen LogP contribution in [0.2, 0.25) is 0 Å². The highest BCUT2D eigenvalue weighted by Crippen LogP contribution is 2.48. The van der Waals surface area contributed by atoms with E-state index in [-0.39, 0.29) is 17.0 Å². The molecule has 0 unspecified atom stereocenters. The average molecular weight is 312 g/mol. The molecule has 1 aliphatic rings. The Hall–Kier alpha value is -1.83. The fourth-order valence-corrected chi connectivity index (χ4v) is 4.14. The van der Waals surface area contributed by atoms with Crippen LogP contribution in [0, 0.1) is 17.7 Å². The number of hydrogen-bond acceptors (Lipinski definition) is 1. The van der Waals surface area contributed by atoms with E-state index in [4.69, 9.17) is 0 Å². The van der Waals surface area contributed by atoms with E-state index in [9.17, 15) is 9.50 Å². The summed E-state index contributed by atoms with van der Waals surface area (Å²) in [5.41, 5.74) is 1.64. The molecule has 0 heterocycles. The zero-order chi connectivity index (χ0) is 16.4. The van der Waals surface area contributed by atoms with E-state index < -0.39 is 0 Å². The first-order chi connectivity index (χ1) is 11.0. The molecule has 2 aromatic rings. The summed E-state index contributed by atoms with van der Waals surface area (Å²) in [4.78, 5) is 0. The van der Waals surface area contributed by atoms with E-state index in [2.05, 4.69) is 13.8 Å². The number of benzene rings is 2. The van der Waals surface area contributed by atoms with Gasteiger partial charge in [-0.1, -0.05) is 44.2 Å². The van der Waals surface area contributed by atoms with Crippen molar-refractivity contribution in [1.82, 2.24) is 0 Å². The first kappa shape index (κ1) is 16.0. The second-order valence-corrected chi connectivity index (χ2v) is 7.19. The zero-order valence-corrected chi connectivity index (χ0v) is 13.9. The Balaban J connectivity index is 2.04. The summed E-state index contributed by atoms with van der Waals surface area (Å²) < 4.78 is 14.6. The third-order valence-electron chi connectivity index (χ3n) is 5.64. The number of rotatable bonds is 3. The molecule has 0 radical (unpaired) electrons. The summed E-state index contributed by atoms with van der Waals surface area (Å²) in [5.74, 6) is 1.53.